The normalized spacial score (nSPS) is 39.1. The molecule has 9 rings (SSSR count). The maximum atomic E-state index is 15.5. The summed E-state index contributed by atoms with van der Waals surface area (Å²) in [7, 11) is 4.21. The van der Waals surface area contributed by atoms with Gasteiger partial charge in [-0.05, 0) is 105 Å². The van der Waals surface area contributed by atoms with Crippen LogP contribution in [0.1, 0.15) is 82.2 Å². The summed E-state index contributed by atoms with van der Waals surface area (Å²) < 4.78 is 24.0. The number of hydrogen-bond donors (Lipinski definition) is 3. The highest BCUT2D eigenvalue weighted by atomic mass is 16.6. The zero-order chi connectivity index (χ0) is 45.0. The highest BCUT2D eigenvalue weighted by molar-refractivity contribution is 5.92. The van der Waals surface area contributed by atoms with Gasteiger partial charge >= 0.3 is 17.9 Å². The van der Waals surface area contributed by atoms with Crippen LogP contribution in [0.2, 0.25) is 0 Å². The van der Waals surface area contributed by atoms with Crippen LogP contribution in [0.4, 0.5) is 0 Å². The number of benzene rings is 1. The molecule has 2 aromatic rings. The molecule has 3 saturated heterocycles. The summed E-state index contributed by atoms with van der Waals surface area (Å²) in [5.41, 5.74) is -0.819. The highest BCUT2D eigenvalue weighted by Crippen LogP contribution is 2.70. The molecule has 1 aromatic heterocycles. The van der Waals surface area contributed by atoms with Gasteiger partial charge in [0, 0.05) is 85.3 Å². The third-order valence-electron chi connectivity index (χ3n) is 16.8. The molecule has 4 fully saturated rings. The molecule has 1 saturated carbocycles. The number of aryl methyl sites for hydroxylation is 2. The number of H-pyrrole nitrogens is 1. The van der Waals surface area contributed by atoms with Crippen LogP contribution in [0.25, 0.3) is 10.9 Å². The van der Waals surface area contributed by atoms with E-state index in [4.69, 9.17) is 18.9 Å². The van der Waals surface area contributed by atoms with Crippen molar-refractivity contribution < 1.29 is 48.3 Å². The van der Waals surface area contributed by atoms with Crippen molar-refractivity contribution in [2.24, 2.45) is 22.7 Å². The third-order valence-corrected chi connectivity index (χ3v) is 16.8. The summed E-state index contributed by atoms with van der Waals surface area (Å²) in [5, 5.41) is 26.5. The Balaban J connectivity index is 1.36. The third kappa shape index (κ3) is 5.86. The van der Waals surface area contributed by atoms with Crippen LogP contribution in [0, 0.1) is 29.6 Å². The van der Waals surface area contributed by atoms with E-state index >= 15 is 4.79 Å². The average Bonchev–Trinajstić information content (AvgIpc) is 3.94. The van der Waals surface area contributed by atoms with E-state index in [-0.39, 0.29) is 5.92 Å². The molecule has 1 amide bonds. The first-order valence-corrected chi connectivity index (χ1v) is 22.9. The number of carbonyl (C=O) groups is 4. The molecule has 3 unspecified atom stereocenters. The van der Waals surface area contributed by atoms with Crippen molar-refractivity contribution >= 4 is 35.2 Å². The number of likely N-dealkylation sites (tertiary alicyclic amines) is 1. The topological polar surface area (TPSA) is 171 Å². The lowest BCUT2D eigenvalue weighted by atomic mass is 9.47. The minimum absolute atomic E-state index is 0.128. The predicted octanol–water partition coefficient (Wildman–Crippen LogP) is 4.03. The Morgan fingerprint density at radius 2 is 1.75 bits per heavy atom. The second kappa shape index (κ2) is 15.4. The number of fused-ring (bicyclic) bond motifs is 6. The molecule has 12 atom stereocenters. The van der Waals surface area contributed by atoms with E-state index in [1.165, 1.54) is 31.6 Å². The van der Waals surface area contributed by atoms with Gasteiger partial charge in [0.15, 0.2) is 6.10 Å². The Labute approximate surface area is 369 Å². The number of ether oxygens (including phenoxy) is 4. The number of rotatable bonds is 9. The van der Waals surface area contributed by atoms with Gasteiger partial charge in [-0.25, -0.2) is 4.79 Å². The summed E-state index contributed by atoms with van der Waals surface area (Å²) in [6, 6.07) is 2.72. The van der Waals surface area contributed by atoms with Gasteiger partial charge in [-0.1, -0.05) is 39.0 Å². The van der Waals surface area contributed by atoms with Crippen molar-refractivity contribution in [3.05, 3.63) is 70.1 Å². The average molecular weight is 869 g/mol. The number of hydrogen-bond acceptors (Lipinski definition) is 12. The fourth-order valence-corrected chi connectivity index (χ4v) is 14.4. The first kappa shape index (κ1) is 43.9. The summed E-state index contributed by atoms with van der Waals surface area (Å²) >= 11 is 0. The molecule has 7 aliphatic rings. The summed E-state index contributed by atoms with van der Waals surface area (Å²) in [6.45, 7) is 12.5. The van der Waals surface area contributed by atoms with Crippen molar-refractivity contribution in [1.82, 2.24) is 19.7 Å². The standard InChI is InChI=1S/C49H64N4O10/c1-9-31-20-36-33(19-28(31)4)32-13-17-51-25-30(23-45(58,10-2)26-51)24-48(39(32)50-36,43(56)61-7)35-21-34-37(22-38(35)60-6)53(27-54)41-47(34)15-18-52-16-12-14-46(11-3,40(47)52)42(63-29(5)55)49(41,59)44(57)62-8/h12,14,19-22,27,30,35,38,40-42,50,58-59H,9-11,13,15-18,23-26H2,1-8H3/t30-,35?,38?,40+,41-,42-,45+,46-,47-,48+,49+/m1/s1. The van der Waals surface area contributed by atoms with Gasteiger partial charge in [-0.15, -0.1) is 0 Å². The van der Waals surface area contributed by atoms with Gasteiger partial charge in [0.25, 0.3) is 0 Å². The van der Waals surface area contributed by atoms with Gasteiger partial charge in [-0.2, -0.15) is 0 Å². The second-order valence-electron chi connectivity index (χ2n) is 19.6. The van der Waals surface area contributed by atoms with E-state index < -0.39 is 75.6 Å². The highest BCUT2D eigenvalue weighted by Gasteiger charge is 2.82. The van der Waals surface area contributed by atoms with Gasteiger partial charge < -0.3 is 39.0 Å². The molecule has 6 heterocycles. The number of aromatic amines is 1. The number of nitrogens with one attached hydrogen (secondary N) is 1. The van der Waals surface area contributed by atoms with Crippen LogP contribution < -0.4 is 0 Å². The van der Waals surface area contributed by atoms with Crippen LogP contribution in [0.15, 0.2) is 47.7 Å². The van der Waals surface area contributed by atoms with Crippen molar-refractivity contribution in [2.45, 2.75) is 120 Å². The largest absolute Gasteiger partial charge is 0.468 e. The Hall–Kier alpha value is -4.34. The maximum Gasteiger partial charge on any atom is 0.344 e. The Kier molecular flexibility index (Phi) is 10.7. The maximum absolute atomic E-state index is 15.5. The van der Waals surface area contributed by atoms with Crippen molar-refractivity contribution in [2.75, 3.05) is 54.1 Å². The van der Waals surface area contributed by atoms with Crippen molar-refractivity contribution in [1.29, 1.82) is 0 Å². The van der Waals surface area contributed by atoms with Crippen molar-refractivity contribution in [3.8, 4) is 0 Å². The smallest absolute Gasteiger partial charge is 0.344 e. The molecule has 1 spiro atoms. The van der Waals surface area contributed by atoms with Gasteiger partial charge in [0.05, 0.1) is 32.0 Å². The van der Waals surface area contributed by atoms with E-state index in [9.17, 15) is 24.6 Å². The fourth-order valence-electron chi connectivity index (χ4n) is 14.4. The molecule has 0 radical (unpaired) electrons. The molecular weight excluding hydrogens is 805 g/mol. The summed E-state index contributed by atoms with van der Waals surface area (Å²) in [6.07, 6.45) is 10.1. The Bertz CT molecular complexity index is 2340. The van der Waals surface area contributed by atoms with Crippen LogP contribution >= 0.6 is 0 Å². The molecule has 63 heavy (non-hydrogen) atoms. The molecule has 340 valence electrons. The minimum atomic E-state index is -2.52. The van der Waals surface area contributed by atoms with Gasteiger partial charge in [0.1, 0.15) is 5.41 Å². The van der Waals surface area contributed by atoms with Crippen LogP contribution in [-0.2, 0) is 56.4 Å². The number of allylic oxidation sites excluding steroid dienone is 1. The van der Waals surface area contributed by atoms with Crippen LogP contribution in [0.3, 0.4) is 0 Å². The fraction of sp³-hybridized carbons (Fsp3) is 0.633. The molecule has 2 bridgehead atoms. The molecule has 2 aliphatic carbocycles. The van der Waals surface area contributed by atoms with E-state index in [1.807, 2.05) is 32.1 Å². The lowest BCUT2D eigenvalue weighted by Crippen LogP contribution is -2.80. The van der Waals surface area contributed by atoms with E-state index in [0.29, 0.717) is 83.4 Å². The Morgan fingerprint density at radius 3 is 2.40 bits per heavy atom. The monoisotopic (exact) mass is 868 g/mol. The molecular formula is C49H64N4O10. The number of methoxy groups -OCH3 is 3. The molecule has 5 aliphatic heterocycles. The first-order valence-electron chi connectivity index (χ1n) is 22.9. The quantitative estimate of drug-likeness (QED) is 0.143. The zero-order valence-electron chi connectivity index (χ0n) is 38.0. The summed E-state index contributed by atoms with van der Waals surface area (Å²) in [5.74, 6) is -2.99. The van der Waals surface area contributed by atoms with E-state index in [0.717, 1.165) is 39.7 Å². The second-order valence-corrected chi connectivity index (χ2v) is 19.6. The molecule has 14 heteroatoms. The zero-order valence-corrected chi connectivity index (χ0v) is 38.0. The summed E-state index contributed by atoms with van der Waals surface area (Å²) in [4.78, 5) is 66.8. The van der Waals surface area contributed by atoms with Crippen LogP contribution in [0.5, 0.6) is 0 Å². The molecule has 1 aromatic carbocycles. The Morgan fingerprint density at radius 1 is 0.984 bits per heavy atom. The first-order chi connectivity index (χ1) is 30.1. The number of piperidine rings is 1. The van der Waals surface area contributed by atoms with Gasteiger partial charge in [-0.3, -0.25) is 24.2 Å². The lowest BCUT2D eigenvalue weighted by molar-refractivity contribution is -0.242. The predicted molar refractivity (Wildman–Crippen MR) is 233 cm³/mol. The number of nitrogens with zero attached hydrogens (tertiary/aromatic N) is 3. The lowest BCUT2D eigenvalue weighted by Gasteiger charge is -2.63. The SMILES string of the molecule is CCc1cc2[nH]c3c(c2cc1C)CCN1C[C@H](C[C@@](O)(CC)C1)C[C@]3(C(=O)OC)C1C=C2C(=CC1OC)N(C=O)[C@H]1[C@@](O)(C(=O)OC)[C@H](OC(C)=O)[C@]3(CC)C=CCN4CC[C@]21[C@@H]43. The molecule has 14 nitrogen and oxygen atoms in total. The number of aliphatic hydroxyl groups is 2. The minimum Gasteiger partial charge on any atom is -0.468 e. The van der Waals surface area contributed by atoms with Crippen molar-refractivity contribution in [3.63, 3.8) is 0 Å². The number of amides is 1. The number of carbonyl (C=O) groups excluding carboxylic acids is 4. The van der Waals surface area contributed by atoms with Crippen LogP contribution in [-0.4, -0.2) is 144 Å². The number of aromatic nitrogens is 1. The van der Waals surface area contributed by atoms with E-state index in [2.05, 4.69) is 46.8 Å². The molecule has 3 N–H and O–H groups in total. The number of esters is 3. The van der Waals surface area contributed by atoms with E-state index in [1.54, 1.807) is 7.11 Å². The van der Waals surface area contributed by atoms with Gasteiger partial charge in [0.2, 0.25) is 12.0 Å².